The van der Waals surface area contributed by atoms with Crippen LogP contribution in [0.25, 0.3) is 0 Å². The summed E-state index contributed by atoms with van der Waals surface area (Å²) in [7, 11) is 0. The van der Waals surface area contributed by atoms with Gasteiger partial charge in [-0.25, -0.2) is 0 Å². The fraction of sp³-hybridized carbons (Fsp3) is 1.00. The highest BCUT2D eigenvalue weighted by atomic mass is 16.3. The van der Waals surface area contributed by atoms with E-state index in [1.54, 1.807) is 0 Å². The number of aliphatic hydroxyl groups is 1. The third-order valence-electron chi connectivity index (χ3n) is 3.49. The van der Waals surface area contributed by atoms with Gasteiger partial charge in [-0.3, -0.25) is 0 Å². The van der Waals surface area contributed by atoms with Crippen molar-refractivity contribution in [3.8, 4) is 0 Å². The Bertz CT molecular complexity index is 123. The molecular weight excluding hydrogens is 136 g/mol. The molecule has 1 heteroatoms. The molecule has 64 valence electrons. The van der Waals surface area contributed by atoms with Crippen LogP contribution in [0.3, 0.4) is 0 Å². The molecule has 1 N–H and O–H groups in total. The largest absolute Gasteiger partial charge is 0.393 e. The van der Waals surface area contributed by atoms with Crippen molar-refractivity contribution in [2.45, 2.75) is 51.0 Å². The molecule has 0 heterocycles. The lowest BCUT2D eigenvalue weighted by atomic mass is 9.92. The Morgan fingerprint density at radius 1 is 0.909 bits per heavy atom. The lowest BCUT2D eigenvalue weighted by Crippen LogP contribution is -2.17. The maximum atomic E-state index is 9.76. The summed E-state index contributed by atoms with van der Waals surface area (Å²) in [5, 5.41) is 9.76. The maximum Gasteiger partial charge on any atom is 0.0571 e. The van der Waals surface area contributed by atoms with E-state index < -0.39 is 0 Å². The van der Waals surface area contributed by atoms with Gasteiger partial charge in [0.25, 0.3) is 0 Å². The van der Waals surface area contributed by atoms with Crippen molar-refractivity contribution >= 4 is 0 Å². The quantitative estimate of drug-likeness (QED) is 0.568. The Morgan fingerprint density at radius 3 is 2.18 bits per heavy atom. The zero-order chi connectivity index (χ0) is 7.68. The molecular formula is C10H18O. The van der Waals surface area contributed by atoms with Crippen LogP contribution in [0.2, 0.25) is 0 Å². The minimum Gasteiger partial charge on any atom is -0.393 e. The average molecular weight is 154 g/mol. The van der Waals surface area contributed by atoms with Crippen LogP contribution in [0, 0.1) is 11.8 Å². The summed E-state index contributed by atoms with van der Waals surface area (Å²) in [5.74, 6) is 1.51. The van der Waals surface area contributed by atoms with Crippen molar-refractivity contribution < 1.29 is 5.11 Å². The van der Waals surface area contributed by atoms with Gasteiger partial charge >= 0.3 is 0 Å². The molecule has 0 aromatic carbocycles. The number of rotatable bonds is 0. The molecule has 0 amide bonds. The van der Waals surface area contributed by atoms with Crippen molar-refractivity contribution in [1.82, 2.24) is 0 Å². The number of hydrogen-bond acceptors (Lipinski definition) is 1. The Labute approximate surface area is 68.8 Å². The molecule has 2 fully saturated rings. The van der Waals surface area contributed by atoms with E-state index in [0.29, 0.717) is 5.92 Å². The first-order chi connectivity index (χ1) is 5.36. The first kappa shape index (κ1) is 7.60. The molecule has 1 atom stereocenters. The predicted molar refractivity (Wildman–Crippen MR) is 45.3 cm³/mol. The van der Waals surface area contributed by atoms with E-state index in [-0.39, 0.29) is 6.10 Å². The molecule has 0 saturated heterocycles. The number of aliphatic hydroxyl groups excluding tert-OH is 1. The van der Waals surface area contributed by atoms with Crippen molar-refractivity contribution in [3.05, 3.63) is 0 Å². The Hall–Kier alpha value is -0.0400. The van der Waals surface area contributed by atoms with Crippen molar-refractivity contribution in [1.29, 1.82) is 0 Å². The first-order valence-corrected chi connectivity index (χ1v) is 5.04. The predicted octanol–water partition coefficient (Wildman–Crippen LogP) is 2.34. The van der Waals surface area contributed by atoms with Crippen LogP contribution in [0.5, 0.6) is 0 Å². The van der Waals surface area contributed by atoms with Gasteiger partial charge in [0.1, 0.15) is 0 Å². The molecule has 2 rings (SSSR count). The highest BCUT2D eigenvalue weighted by Gasteiger charge is 2.29. The maximum absolute atomic E-state index is 9.76. The molecule has 2 aliphatic carbocycles. The summed E-state index contributed by atoms with van der Waals surface area (Å²) >= 11 is 0. The number of fused-ring (bicyclic) bond motifs is 3. The lowest BCUT2D eigenvalue weighted by Gasteiger charge is -2.17. The van der Waals surface area contributed by atoms with Crippen molar-refractivity contribution in [3.63, 3.8) is 0 Å². The van der Waals surface area contributed by atoms with Gasteiger partial charge in [0.15, 0.2) is 0 Å². The summed E-state index contributed by atoms with van der Waals surface area (Å²) in [5.41, 5.74) is 0. The fourth-order valence-corrected chi connectivity index (χ4v) is 2.78. The Kier molecular flexibility index (Phi) is 2.17. The Balaban J connectivity index is 2.08. The third-order valence-corrected chi connectivity index (χ3v) is 3.49. The second-order valence-electron chi connectivity index (χ2n) is 4.29. The van der Waals surface area contributed by atoms with Gasteiger partial charge in [-0.2, -0.15) is 0 Å². The van der Waals surface area contributed by atoms with Crippen LogP contribution in [-0.4, -0.2) is 11.2 Å². The molecule has 11 heavy (non-hydrogen) atoms. The van der Waals surface area contributed by atoms with Crippen LogP contribution in [0.1, 0.15) is 44.9 Å². The minimum absolute atomic E-state index is 0.0463. The second-order valence-corrected chi connectivity index (χ2v) is 4.29. The Morgan fingerprint density at radius 2 is 1.55 bits per heavy atom. The summed E-state index contributed by atoms with van der Waals surface area (Å²) < 4.78 is 0. The topological polar surface area (TPSA) is 20.2 Å². The molecule has 2 aliphatic rings. The van der Waals surface area contributed by atoms with Crippen LogP contribution < -0.4 is 0 Å². The van der Waals surface area contributed by atoms with E-state index in [9.17, 15) is 5.11 Å². The van der Waals surface area contributed by atoms with Gasteiger partial charge in [-0.05, 0) is 31.1 Å². The second kappa shape index (κ2) is 3.14. The molecule has 0 radical (unpaired) electrons. The van der Waals surface area contributed by atoms with E-state index in [1.807, 2.05) is 0 Å². The molecule has 2 saturated carbocycles. The van der Waals surface area contributed by atoms with E-state index >= 15 is 0 Å². The molecule has 0 aliphatic heterocycles. The zero-order valence-electron chi connectivity index (χ0n) is 7.13. The van der Waals surface area contributed by atoms with Gasteiger partial charge in [0.05, 0.1) is 6.10 Å². The molecule has 0 spiro atoms. The first-order valence-electron chi connectivity index (χ1n) is 5.04. The zero-order valence-corrected chi connectivity index (χ0v) is 7.13. The summed E-state index contributed by atoms with van der Waals surface area (Å²) in [6.07, 6.45) is 9.23. The van der Waals surface area contributed by atoms with Gasteiger partial charge in [0, 0.05) is 0 Å². The molecule has 2 bridgehead atoms. The molecule has 1 nitrogen and oxygen atoms in total. The standard InChI is InChI=1S/C10H18O/c11-10-7-8-3-1-5-9(10)6-2-4-8/h8-11H,1-7H2. The molecule has 0 aromatic heterocycles. The highest BCUT2D eigenvalue weighted by molar-refractivity contribution is 4.81. The van der Waals surface area contributed by atoms with Gasteiger partial charge in [0.2, 0.25) is 0 Å². The van der Waals surface area contributed by atoms with E-state index in [1.165, 1.54) is 38.5 Å². The smallest absolute Gasteiger partial charge is 0.0571 e. The molecule has 1 unspecified atom stereocenters. The lowest BCUT2D eigenvalue weighted by molar-refractivity contribution is 0.0961. The van der Waals surface area contributed by atoms with Crippen LogP contribution in [0.4, 0.5) is 0 Å². The third kappa shape index (κ3) is 1.58. The SMILES string of the molecule is OC1CC2CCCC1CCC2. The van der Waals surface area contributed by atoms with Crippen LogP contribution >= 0.6 is 0 Å². The summed E-state index contributed by atoms with van der Waals surface area (Å²) in [4.78, 5) is 0. The highest BCUT2D eigenvalue weighted by Crippen LogP contribution is 2.37. The van der Waals surface area contributed by atoms with Gasteiger partial charge < -0.3 is 5.11 Å². The van der Waals surface area contributed by atoms with E-state index in [0.717, 1.165) is 12.3 Å². The fourth-order valence-electron chi connectivity index (χ4n) is 2.78. The average Bonchev–Trinajstić information content (AvgIpc) is 2.16. The minimum atomic E-state index is 0.0463. The monoisotopic (exact) mass is 154 g/mol. The van der Waals surface area contributed by atoms with Gasteiger partial charge in [-0.15, -0.1) is 0 Å². The normalized spacial score (nSPS) is 45.0. The van der Waals surface area contributed by atoms with Crippen LogP contribution in [0.15, 0.2) is 0 Å². The number of hydrogen-bond donors (Lipinski definition) is 1. The van der Waals surface area contributed by atoms with Gasteiger partial charge in [-0.1, -0.05) is 25.7 Å². The summed E-state index contributed by atoms with van der Waals surface area (Å²) in [6, 6.07) is 0. The van der Waals surface area contributed by atoms with Crippen LogP contribution in [-0.2, 0) is 0 Å². The van der Waals surface area contributed by atoms with Crippen molar-refractivity contribution in [2.75, 3.05) is 0 Å². The summed E-state index contributed by atoms with van der Waals surface area (Å²) in [6.45, 7) is 0. The van der Waals surface area contributed by atoms with E-state index in [2.05, 4.69) is 0 Å². The van der Waals surface area contributed by atoms with E-state index in [4.69, 9.17) is 0 Å². The molecule has 0 aromatic rings. The van der Waals surface area contributed by atoms with Crippen molar-refractivity contribution in [2.24, 2.45) is 11.8 Å².